The van der Waals surface area contributed by atoms with Crippen LogP contribution in [0.5, 0.6) is 0 Å². The first kappa shape index (κ1) is 19.3. The molecule has 1 N–H and O–H groups in total. The van der Waals surface area contributed by atoms with E-state index in [1.54, 1.807) is 0 Å². The first-order valence-corrected chi connectivity index (χ1v) is 13.0. The predicted octanol–water partition coefficient (Wildman–Crippen LogP) is 4.85. The van der Waals surface area contributed by atoms with Crippen LogP contribution in [0.2, 0.25) is 18.1 Å². The highest BCUT2D eigenvalue weighted by Gasteiger charge is 2.55. The highest BCUT2D eigenvalue weighted by molar-refractivity contribution is 6.74. The number of carbonyl (C=O) groups excluding carboxylic acids is 1. The summed E-state index contributed by atoms with van der Waals surface area (Å²) in [5.41, 5.74) is 1.01. The van der Waals surface area contributed by atoms with E-state index in [-0.39, 0.29) is 28.4 Å². The molecule has 0 heterocycles. The van der Waals surface area contributed by atoms with Crippen molar-refractivity contribution in [1.82, 2.24) is 0 Å². The second-order valence-corrected chi connectivity index (χ2v) is 15.0. The number of rotatable bonds is 3. The molecule has 0 saturated heterocycles. The van der Waals surface area contributed by atoms with Crippen molar-refractivity contribution in [3.8, 4) is 0 Å². The number of aliphatic hydroxyl groups excluding tert-OH is 1. The highest BCUT2D eigenvalue weighted by Crippen LogP contribution is 2.55. The van der Waals surface area contributed by atoms with Crippen molar-refractivity contribution in [2.75, 3.05) is 6.61 Å². The van der Waals surface area contributed by atoms with Gasteiger partial charge in [0.05, 0.1) is 12.7 Å². The molecule has 0 amide bonds. The maximum absolute atomic E-state index is 13.3. The second-order valence-electron chi connectivity index (χ2n) is 10.2. The molecule has 0 aromatic heterocycles. The molecule has 4 heteroatoms. The Hall–Kier alpha value is -0.453. The second kappa shape index (κ2) is 6.61. The zero-order valence-electron chi connectivity index (χ0n) is 16.7. The molecule has 142 valence electrons. The van der Waals surface area contributed by atoms with Gasteiger partial charge in [0.1, 0.15) is 5.78 Å². The van der Waals surface area contributed by atoms with Gasteiger partial charge in [0.2, 0.25) is 0 Å². The number of allylic oxidation sites excluding steroid dienone is 1. The lowest BCUT2D eigenvalue weighted by Gasteiger charge is -2.37. The van der Waals surface area contributed by atoms with Crippen molar-refractivity contribution in [2.45, 2.75) is 90.0 Å². The average Bonchev–Trinajstić information content (AvgIpc) is 2.67. The number of fused-ring (bicyclic) bond motifs is 1. The Kier molecular flexibility index (Phi) is 5.11. The SMILES string of the molecule is CC(C)(C)[Si](C)(C)OCC1=C[C@H]2CCCC[C@@]3(CC[C@H](O)[C@H]3C1)C2=O. The molecule has 2 saturated carbocycles. The van der Waals surface area contributed by atoms with E-state index in [4.69, 9.17) is 4.43 Å². The lowest BCUT2D eigenvalue weighted by atomic mass is 9.68. The molecule has 0 aromatic rings. The van der Waals surface area contributed by atoms with E-state index >= 15 is 0 Å². The van der Waals surface area contributed by atoms with Gasteiger partial charge in [-0.15, -0.1) is 0 Å². The van der Waals surface area contributed by atoms with Gasteiger partial charge >= 0.3 is 0 Å². The summed E-state index contributed by atoms with van der Waals surface area (Å²) in [6.45, 7) is 12.0. The van der Waals surface area contributed by atoms with Gasteiger partial charge in [0, 0.05) is 17.3 Å². The molecule has 4 atom stereocenters. The predicted molar refractivity (Wildman–Crippen MR) is 104 cm³/mol. The van der Waals surface area contributed by atoms with Crippen molar-refractivity contribution in [2.24, 2.45) is 17.3 Å². The van der Waals surface area contributed by atoms with Gasteiger partial charge in [-0.1, -0.05) is 39.7 Å². The number of carbonyl (C=O) groups is 1. The summed E-state index contributed by atoms with van der Waals surface area (Å²) in [6.07, 6.45) is 8.66. The molecule has 0 radical (unpaired) electrons. The topological polar surface area (TPSA) is 46.5 Å². The molecular formula is C21H36O3Si. The summed E-state index contributed by atoms with van der Waals surface area (Å²) in [7, 11) is -1.81. The fourth-order valence-corrected chi connectivity index (χ4v) is 5.91. The van der Waals surface area contributed by atoms with E-state index in [2.05, 4.69) is 39.9 Å². The molecule has 0 aliphatic heterocycles. The van der Waals surface area contributed by atoms with Crippen molar-refractivity contribution >= 4 is 14.1 Å². The Labute approximate surface area is 154 Å². The summed E-state index contributed by atoms with van der Waals surface area (Å²) in [4.78, 5) is 13.3. The molecule has 3 rings (SSSR count). The van der Waals surface area contributed by atoms with E-state index in [0.717, 1.165) is 44.9 Å². The van der Waals surface area contributed by atoms with E-state index in [1.807, 2.05) is 0 Å². The Morgan fingerprint density at radius 3 is 2.64 bits per heavy atom. The van der Waals surface area contributed by atoms with Gasteiger partial charge < -0.3 is 9.53 Å². The molecule has 0 aromatic carbocycles. The standard InChI is InChI=1S/C21H36O3Si/c1-20(2,3)25(4,5)24-14-15-12-16-8-6-7-10-21(19(16)23)11-9-18(22)17(21)13-15/h12,16-18,22H,6-11,13-14H2,1-5H3/t16-,17-,18+,21+/m1/s1. The summed E-state index contributed by atoms with van der Waals surface area (Å²) >= 11 is 0. The van der Waals surface area contributed by atoms with Crippen molar-refractivity contribution < 1.29 is 14.3 Å². The number of Topliss-reactive ketones (excluding diaryl/α,β-unsaturated/α-hetero) is 1. The highest BCUT2D eigenvalue weighted by atomic mass is 28.4. The van der Waals surface area contributed by atoms with Crippen LogP contribution in [0.25, 0.3) is 0 Å². The summed E-state index contributed by atoms with van der Waals surface area (Å²) in [5.74, 6) is 0.585. The molecule has 3 aliphatic carbocycles. The van der Waals surface area contributed by atoms with Gasteiger partial charge in [-0.3, -0.25) is 4.79 Å². The van der Waals surface area contributed by atoms with E-state index in [0.29, 0.717) is 12.4 Å². The monoisotopic (exact) mass is 364 g/mol. The average molecular weight is 365 g/mol. The Morgan fingerprint density at radius 1 is 1.24 bits per heavy atom. The summed E-state index contributed by atoms with van der Waals surface area (Å²) in [5, 5.41) is 10.8. The van der Waals surface area contributed by atoms with E-state index in [1.165, 1.54) is 5.57 Å². The maximum Gasteiger partial charge on any atom is 0.192 e. The fourth-order valence-electron chi connectivity index (χ4n) is 4.93. The molecule has 25 heavy (non-hydrogen) atoms. The maximum atomic E-state index is 13.3. The minimum absolute atomic E-state index is 0.0517. The van der Waals surface area contributed by atoms with Crippen LogP contribution in [0.4, 0.5) is 0 Å². The lowest BCUT2D eigenvalue weighted by molar-refractivity contribution is -0.134. The van der Waals surface area contributed by atoms with Gasteiger partial charge in [0.25, 0.3) is 0 Å². The van der Waals surface area contributed by atoms with Gasteiger partial charge in [-0.2, -0.15) is 0 Å². The number of hydrogen-bond donors (Lipinski definition) is 1. The normalized spacial score (nSPS) is 36.5. The first-order valence-electron chi connectivity index (χ1n) is 10.1. The lowest BCUT2D eigenvalue weighted by Crippen LogP contribution is -2.41. The molecule has 1 spiro atoms. The minimum atomic E-state index is -1.81. The molecule has 3 nitrogen and oxygen atoms in total. The van der Waals surface area contributed by atoms with Crippen molar-refractivity contribution in [3.05, 3.63) is 11.6 Å². The van der Waals surface area contributed by atoms with Gasteiger partial charge in [-0.05, 0) is 55.8 Å². The molecule has 2 fully saturated rings. The zero-order chi connectivity index (χ0) is 18.5. The number of ketones is 1. The first-order chi connectivity index (χ1) is 11.6. The third-order valence-corrected chi connectivity index (χ3v) is 12.1. The van der Waals surface area contributed by atoms with Crippen LogP contribution in [0.1, 0.15) is 65.7 Å². The van der Waals surface area contributed by atoms with Crippen molar-refractivity contribution in [3.63, 3.8) is 0 Å². The van der Waals surface area contributed by atoms with Gasteiger partial charge in [-0.25, -0.2) is 0 Å². The number of hydrogen-bond acceptors (Lipinski definition) is 3. The Morgan fingerprint density at radius 2 is 1.96 bits per heavy atom. The summed E-state index contributed by atoms with van der Waals surface area (Å²) < 4.78 is 6.46. The van der Waals surface area contributed by atoms with Crippen LogP contribution in [0, 0.1) is 17.3 Å². The summed E-state index contributed by atoms with van der Waals surface area (Å²) in [6, 6.07) is 0. The molecular weight excluding hydrogens is 328 g/mol. The van der Waals surface area contributed by atoms with E-state index < -0.39 is 8.32 Å². The molecule has 3 aliphatic rings. The van der Waals surface area contributed by atoms with E-state index in [9.17, 15) is 9.90 Å². The quantitative estimate of drug-likeness (QED) is 0.575. The fraction of sp³-hybridized carbons (Fsp3) is 0.857. The van der Waals surface area contributed by atoms with Crippen LogP contribution in [-0.4, -0.2) is 31.9 Å². The molecule has 2 bridgehead atoms. The number of aliphatic hydroxyl groups is 1. The Bertz CT molecular complexity index is 560. The van der Waals surface area contributed by atoms with Crippen LogP contribution < -0.4 is 0 Å². The van der Waals surface area contributed by atoms with Crippen LogP contribution in [0.15, 0.2) is 11.6 Å². The molecule has 0 unspecified atom stereocenters. The third-order valence-electron chi connectivity index (χ3n) is 7.62. The largest absolute Gasteiger partial charge is 0.413 e. The van der Waals surface area contributed by atoms with Crippen molar-refractivity contribution in [1.29, 1.82) is 0 Å². The van der Waals surface area contributed by atoms with Gasteiger partial charge in [0.15, 0.2) is 8.32 Å². The minimum Gasteiger partial charge on any atom is -0.413 e. The van der Waals surface area contributed by atoms with Crippen LogP contribution >= 0.6 is 0 Å². The smallest absolute Gasteiger partial charge is 0.192 e. The third kappa shape index (κ3) is 3.42. The van der Waals surface area contributed by atoms with Crippen LogP contribution in [0.3, 0.4) is 0 Å². The van der Waals surface area contributed by atoms with Crippen LogP contribution in [-0.2, 0) is 9.22 Å². The Balaban J connectivity index is 1.84. The zero-order valence-corrected chi connectivity index (χ0v) is 17.7.